The van der Waals surface area contributed by atoms with Gasteiger partial charge in [-0.3, -0.25) is 4.40 Å². The fraction of sp³-hybridized carbons (Fsp3) is 0.545. The summed E-state index contributed by atoms with van der Waals surface area (Å²) in [5.74, 6) is 0.970. The molecule has 2 rings (SSSR count). The molecule has 0 spiro atoms. The lowest BCUT2D eigenvalue weighted by molar-refractivity contribution is 0.601. The Kier molecular flexibility index (Phi) is 4.12. The highest BCUT2D eigenvalue weighted by Gasteiger charge is 2.16. The number of aromatic nitrogens is 2. The number of imidazole rings is 1. The molecule has 8 heteroatoms. The van der Waals surface area contributed by atoms with Crippen molar-refractivity contribution in [2.75, 3.05) is 37.5 Å². The lowest BCUT2D eigenvalue weighted by atomic mass is 10.4. The van der Waals surface area contributed by atoms with Gasteiger partial charge >= 0.3 is 0 Å². The molecule has 0 aromatic carbocycles. The smallest absolute Gasteiger partial charge is 0.195 e. The van der Waals surface area contributed by atoms with E-state index < -0.39 is 9.84 Å². The van der Waals surface area contributed by atoms with Crippen LogP contribution in [-0.4, -0.2) is 50.5 Å². The zero-order valence-electron chi connectivity index (χ0n) is 11.3. The maximum absolute atomic E-state index is 11.2. The van der Waals surface area contributed by atoms with Gasteiger partial charge < -0.3 is 10.2 Å². The van der Waals surface area contributed by atoms with E-state index in [2.05, 4.69) is 10.3 Å². The Bertz CT molecular complexity index is 659. The minimum Gasteiger partial charge on any atom is -0.357 e. The summed E-state index contributed by atoms with van der Waals surface area (Å²) in [5, 5.41) is 5.11. The summed E-state index contributed by atoms with van der Waals surface area (Å²) < 4.78 is 24.5. The maximum atomic E-state index is 11.2. The second-order valence-corrected chi connectivity index (χ2v) is 7.65. The molecule has 2 heterocycles. The van der Waals surface area contributed by atoms with Gasteiger partial charge in [0.15, 0.2) is 10.8 Å². The van der Waals surface area contributed by atoms with Crippen molar-refractivity contribution >= 4 is 32.0 Å². The first-order valence-corrected chi connectivity index (χ1v) is 8.84. The first kappa shape index (κ1) is 14.3. The summed E-state index contributed by atoms with van der Waals surface area (Å²) in [4.78, 5) is 7.38. The molecule has 6 nitrogen and oxygen atoms in total. The predicted molar refractivity (Wildman–Crippen MR) is 78.8 cm³/mol. The summed E-state index contributed by atoms with van der Waals surface area (Å²) in [6.45, 7) is 1.14. The molecule has 0 bridgehead atoms. The Morgan fingerprint density at radius 2 is 2.26 bits per heavy atom. The van der Waals surface area contributed by atoms with Gasteiger partial charge in [0.2, 0.25) is 0 Å². The van der Waals surface area contributed by atoms with Crippen LogP contribution < -0.4 is 10.2 Å². The van der Waals surface area contributed by atoms with Gasteiger partial charge in [-0.1, -0.05) is 0 Å². The third-order valence-electron chi connectivity index (χ3n) is 2.84. The van der Waals surface area contributed by atoms with E-state index in [1.54, 1.807) is 11.3 Å². The Labute approximate surface area is 117 Å². The molecule has 0 saturated heterocycles. The van der Waals surface area contributed by atoms with E-state index in [4.69, 9.17) is 0 Å². The highest BCUT2D eigenvalue weighted by atomic mass is 32.2. The van der Waals surface area contributed by atoms with E-state index in [-0.39, 0.29) is 5.75 Å². The zero-order valence-corrected chi connectivity index (χ0v) is 12.9. The molecule has 0 atom stereocenters. The van der Waals surface area contributed by atoms with Crippen LogP contribution >= 0.6 is 11.3 Å². The van der Waals surface area contributed by atoms with E-state index in [0.717, 1.165) is 16.5 Å². The van der Waals surface area contributed by atoms with Crippen molar-refractivity contribution in [2.24, 2.45) is 0 Å². The van der Waals surface area contributed by atoms with Gasteiger partial charge in [0, 0.05) is 38.0 Å². The third-order valence-corrected chi connectivity index (χ3v) is 4.52. The Hall–Kier alpha value is -1.12. The van der Waals surface area contributed by atoms with E-state index in [1.165, 1.54) is 6.26 Å². The van der Waals surface area contributed by atoms with Crippen molar-refractivity contribution in [3.05, 3.63) is 17.3 Å². The lowest BCUT2D eigenvalue weighted by Gasteiger charge is -2.17. The van der Waals surface area contributed by atoms with E-state index in [0.29, 0.717) is 13.1 Å². The van der Waals surface area contributed by atoms with E-state index in [9.17, 15) is 8.42 Å². The second kappa shape index (κ2) is 5.48. The zero-order chi connectivity index (χ0) is 14.0. The van der Waals surface area contributed by atoms with Crippen LogP contribution in [0.3, 0.4) is 0 Å². The van der Waals surface area contributed by atoms with Crippen LogP contribution in [0.25, 0.3) is 4.96 Å². The number of sulfone groups is 1. The molecular weight excluding hydrogens is 284 g/mol. The molecule has 0 amide bonds. The number of rotatable bonds is 6. The van der Waals surface area contributed by atoms with Crippen LogP contribution in [0.15, 0.2) is 11.6 Å². The third kappa shape index (κ3) is 3.26. The highest BCUT2D eigenvalue weighted by molar-refractivity contribution is 7.90. The van der Waals surface area contributed by atoms with Gasteiger partial charge in [-0.2, -0.15) is 0 Å². The van der Waals surface area contributed by atoms with Crippen LogP contribution in [0.1, 0.15) is 5.69 Å². The number of hydrogen-bond acceptors (Lipinski definition) is 6. The van der Waals surface area contributed by atoms with E-state index in [1.807, 2.05) is 35.0 Å². The summed E-state index contributed by atoms with van der Waals surface area (Å²) in [5.41, 5.74) is 1.05. The van der Waals surface area contributed by atoms with Gasteiger partial charge in [0.25, 0.3) is 0 Å². The Morgan fingerprint density at radius 3 is 2.89 bits per heavy atom. The van der Waals surface area contributed by atoms with Gasteiger partial charge in [-0.25, -0.2) is 13.4 Å². The number of nitrogens with zero attached hydrogens (tertiary/aromatic N) is 3. The fourth-order valence-electron chi connectivity index (χ4n) is 1.87. The van der Waals surface area contributed by atoms with Gasteiger partial charge in [0.05, 0.1) is 11.4 Å². The Morgan fingerprint density at radius 1 is 1.53 bits per heavy atom. The minimum absolute atomic E-state index is 0.133. The lowest BCUT2D eigenvalue weighted by Crippen LogP contribution is -2.26. The maximum Gasteiger partial charge on any atom is 0.195 e. The van der Waals surface area contributed by atoms with Crippen molar-refractivity contribution < 1.29 is 8.42 Å². The summed E-state index contributed by atoms with van der Waals surface area (Å²) in [7, 11) is 0.795. The molecule has 19 heavy (non-hydrogen) atoms. The average molecular weight is 302 g/mol. The van der Waals surface area contributed by atoms with Crippen LogP contribution in [0.5, 0.6) is 0 Å². The van der Waals surface area contributed by atoms with Crippen LogP contribution in [0, 0.1) is 0 Å². The largest absolute Gasteiger partial charge is 0.357 e. The van der Waals surface area contributed by atoms with Crippen molar-refractivity contribution in [2.45, 2.75) is 6.54 Å². The van der Waals surface area contributed by atoms with Crippen molar-refractivity contribution in [3.8, 4) is 0 Å². The topological polar surface area (TPSA) is 66.7 Å². The minimum atomic E-state index is -2.96. The number of nitrogens with one attached hydrogen (secondary N) is 1. The molecule has 0 aliphatic carbocycles. The number of anilines is 1. The molecular formula is C11H18N4O2S2. The monoisotopic (exact) mass is 302 g/mol. The molecule has 0 saturated carbocycles. The first-order chi connectivity index (χ1) is 8.92. The quantitative estimate of drug-likeness (QED) is 0.846. The van der Waals surface area contributed by atoms with Gasteiger partial charge in [-0.05, 0) is 7.05 Å². The van der Waals surface area contributed by atoms with Crippen LogP contribution in [0.2, 0.25) is 0 Å². The Balaban J connectivity index is 2.27. The van der Waals surface area contributed by atoms with Crippen molar-refractivity contribution in [3.63, 3.8) is 0 Å². The van der Waals surface area contributed by atoms with Gasteiger partial charge in [0.1, 0.15) is 9.84 Å². The van der Waals surface area contributed by atoms with Crippen molar-refractivity contribution in [1.82, 2.24) is 14.7 Å². The molecule has 2 aromatic rings. The van der Waals surface area contributed by atoms with Crippen LogP contribution in [-0.2, 0) is 16.4 Å². The summed E-state index contributed by atoms with van der Waals surface area (Å²) in [6.07, 6.45) is 3.23. The number of fused-ring (bicyclic) bond motifs is 1. The van der Waals surface area contributed by atoms with Crippen molar-refractivity contribution in [1.29, 1.82) is 0 Å². The molecule has 0 radical (unpaired) electrons. The number of hydrogen-bond donors (Lipinski definition) is 1. The first-order valence-electron chi connectivity index (χ1n) is 5.90. The molecule has 0 fully saturated rings. The molecule has 2 aromatic heterocycles. The molecule has 0 aliphatic rings. The fourth-order valence-corrected chi connectivity index (χ4v) is 3.20. The number of thiazole rings is 1. The van der Waals surface area contributed by atoms with Crippen LogP contribution in [0.4, 0.5) is 5.82 Å². The SMILES string of the molecule is CNCc1c(N(C)CCS(C)(=O)=O)nc2sccn12. The molecule has 0 unspecified atom stereocenters. The van der Waals surface area contributed by atoms with E-state index >= 15 is 0 Å². The predicted octanol–water partition coefficient (Wildman–Crippen LogP) is 0.596. The second-order valence-electron chi connectivity index (χ2n) is 4.52. The highest BCUT2D eigenvalue weighted by Crippen LogP contribution is 2.23. The average Bonchev–Trinajstić information content (AvgIpc) is 2.88. The summed E-state index contributed by atoms with van der Waals surface area (Å²) in [6, 6.07) is 0. The molecule has 106 valence electrons. The van der Waals surface area contributed by atoms with Gasteiger partial charge in [-0.15, -0.1) is 11.3 Å². The molecule has 1 N–H and O–H groups in total. The normalized spacial score (nSPS) is 12.2. The standard InChI is InChI=1S/C11H18N4O2S2/c1-12-8-9-10(13-11-15(9)4-6-18-11)14(2)5-7-19(3,16)17/h4,6,12H,5,7-8H2,1-3H3. The summed E-state index contributed by atoms with van der Waals surface area (Å²) >= 11 is 1.57. The molecule has 0 aliphatic heterocycles.